The second-order valence-corrected chi connectivity index (χ2v) is 7.71. The Hall–Kier alpha value is -3.09. The van der Waals surface area contributed by atoms with Crippen molar-refractivity contribution in [3.05, 3.63) is 81.9 Å². The summed E-state index contributed by atoms with van der Waals surface area (Å²) in [5, 5.41) is 3.70. The van der Waals surface area contributed by atoms with E-state index in [4.69, 9.17) is 16.0 Å². The molecular formula is C22H15ClN2O3S. The highest BCUT2D eigenvalue weighted by atomic mass is 35.5. The molecule has 29 heavy (non-hydrogen) atoms. The van der Waals surface area contributed by atoms with Gasteiger partial charge in [0.15, 0.2) is 11.0 Å². The molecule has 2 aromatic carbocycles. The van der Waals surface area contributed by atoms with E-state index in [9.17, 15) is 9.59 Å². The minimum Gasteiger partial charge on any atom is -0.457 e. The molecule has 1 N–H and O–H groups in total. The minimum atomic E-state index is -0.246. The SMILES string of the molecule is CC(=O)c1ccc(-c2ccc(/C=C3\SC(=Nc4ccccc4Cl)NC3=O)o2)cc1. The van der Waals surface area contributed by atoms with Gasteiger partial charge in [0, 0.05) is 17.2 Å². The maximum atomic E-state index is 12.3. The fourth-order valence-corrected chi connectivity index (χ4v) is 3.71. The second kappa shape index (κ2) is 8.11. The number of carbonyl (C=O) groups is 2. The number of hydrogen-bond acceptors (Lipinski definition) is 5. The largest absolute Gasteiger partial charge is 0.457 e. The summed E-state index contributed by atoms with van der Waals surface area (Å²) in [5.41, 5.74) is 2.09. The van der Waals surface area contributed by atoms with Crippen LogP contribution in [-0.4, -0.2) is 16.9 Å². The molecule has 5 nitrogen and oxygen atoms in total. The van der Waals surface area contributed by atoms with Crippen molar-refractivity contribution >= 4 is 52.0 Å². The number of para-hydroxylation sites is 1. The van der Waals surface area contributed by atoms with Gasteiger partial charge in [0.1, 0.15) is 11.5 Å². The number of furan rings is 1. The summed E-state index contributed by atoms with van der Waals surface area (Å²) in [5.74, 6) is 0.970. The number of aliphatic imine (C=N–C) groups is 1. The van der Waals surface area contributed by atoms with E-state index in [1.54, 1.807) is 36.4 Å². The van der Waals surface area contributed by atoms with Crippen molar-refractivity contribution in [2.75, 3.05) is 0 Å². The third-order valence-electron chi connectivity index (χ3n) is 4.20. The number of amidine groups is 1. The molecule has 2 heterocycles. The van der Waals surface area contributed by atoms with E-state index in [0.717, 1.165) is 5.56 Å². The average Bonchev–Trinajstić information content (AvgIpc) is 3.31. The van der Waals surface area contributed by atoms with E-state index in [1.165, 1.54) is 18.7 Å². The Morgan fingerprint density at radius 3 is 2.59 bits per heavy atom. The van der Waals surface area contributed by atoms with Gasteiger partial charge >= 0.3 is 0 Å². The molecule has 1 aliphatic rings. The van der Waals surface area contributed by atoms with Crippen LogP contribution in [0.15, 0.2) is 75.0 Å². The lowest BCUT2D eigenvalue weighted by atomic mass is 10.1. The fraction of sp³-hybridized carbons (Fsp3) is 0.0455. The van der Waals surface area contributed by atoms with Crippen LogP contribution in [0.25, 0.3) is 17.4 Å². The Morgan fingerprint density at radius 2 is 1.86 bits per heavy atom. The summed E-state index contributed by atoms with van der Waals surface area (Å²) in [6.07, 6.45) is 1.67. The lowest BCUT2D eigenvalue weighted by Gasteiger charge is -1.99. The summed E-state index contributed by atoms with van der Waals surface area (Å²) in [4.78, 5) is 28.5. The monoisotopic (exact) mass is 422 g/mol. The van der Waals surface area contributed by atoms with Gasteiger partial charge in [0.2, 0.25) is 0 Å². The molecule has 144 valence electrons. The molecule has 0 bridgehead atoms. The first-order chi connectivity index (χ1) is 14.0. The number of rotatable bonds is 4. The van der Waals surface area contributed by atoms with Crippen LogP contribution in [-0.2, 0) is 4.79 Å². The van der Waals surface area contributed by atoms with Crippen LogP contribution in [0.3, 0.4) is 0 Å². The number of halogens is 1. The Bertz CT molecular complexity index is 1160. The highest BCUT2D eigenvalue weighted by molar-refractivity contribution is 8.18. The zero-order valence-electron chi connectivity index (χ0n) is 15.3. The molecule has 4 rings (SSSR count). The standard InChI is InChI=1S/C22H15ClN2O3S/c1-13(26)14-6-8-15(9-7-14)19-11-10-16(28-19)12-20-21(27)25-22(29-20)24-18-5-3-2-4-17(18)23/h2-12H,1H3,(H,24,25,27)/b20-12-. The number of amides is 1. The molecule has 0 radical (unpaired) electrons. The Balaban J connectivity index is 1.54. The zero-order valence-corrected chi connectivity index (χ0v) is 16.9. The lowest BCUT2D eigenvalue weighted by Crippen LogP contribution is -2.19. The first kappa shape index (κ1) is 19.2. The molecule has 0 atom stereocenters. The number of Topliss-reactive ketones (excluding diaryl/α,β-unsaturated/α-hetero) is 1. The maximum Gasteiger partial charge on any atom is 0.264 e. The quantitative estimate of drug-likeness (QED) is 0.432. The summed E-state index contributed by atoms with van der Waals surface area (Å²) in [6.45, 7) is 1.53. The highest BCUT2D eigenvalue weighted by Gasteiger charge is 2.24. The van der Waals surface area contributed by atoms with E-state index in [1.807, 2.05) is 30.3 Å². The van der Waals surface area contributed by atoms with Crippen molar-refractivity contribution in [1.29, 1.82) is 0 Å². The van der Waals surface area contributed by atoms with Gasteiger partial charge in [-0.05, 0) is 43.0 Å². The molecule has 1 aliphatic heterocycles. The second-order valence-electron chi connectivity index (χ2n) is 6.27. The van der Waals surface area contributed by atoms with Crippen molar-refractivity contribution in [1.82, 2.24) is 5.32 Å². The van der Waals surface area contributed by atoms with Gasteiger partial charge < -0.3 is 9.73 Å². The van der Waals surface area contributed by atoms with Crippen molar-refractivity contribution < 1.29 is 14.0 Å². The number of thioether (sulfide) groups is 1. The van der Waals surface area contributed by atoms with E-state index in [-0.39, 0.29) is 11.7 Å². The van der Waals surface area contributed by atoms with Crippen LogP contribution in [0.2, 0.25) is 5.02 Å². The van der Waals surface area contributed by atoms with E-state index in [0.29, 0.717) is 37.9 Å². The summed E-state index contributed by atoms with van der Waals surface area (Å²) in [6, 6.07) is 18.0. The van der Waals surface area contributed by atoms with Crippen molar-refractivity contribution in [3.63, 3.8) is 0 Å². The molecule has 7 heteroatoms. The first-order valence-electron chi connectivity index (χ1n) is 8.75. The molecular weight excluding hydrogens is 408 g/mol. The molecule has 1 fully saturated rings. The Kier molecular flexibility index (Phi) is 5.38. The predicted molar refractivity (Wildman–Crippen MR) is 116 cm³/mol. The Morgan fingerprint density at radius 1 is 1.10 bits per heavy atom. The van der Waals surface area contributed by atoms with Gasteiger partial charge in [-0.2, -0.15) is 0 Å². The first-order valence-corrected chi connectivity index (χ1v) is 9.94. The van der Waals surface area contributed by atoms with Crippen molar-refractivity contribution in [3.8, 4) is 11.3 Å². The molecule has 0 spiro atoms. The topological polar surface area (TPSA) is 71.7 Å². The molecule has 3 aromatic rings. The van der Waals surface area contributed by atoms with Crippen LogP contribution in [0.4, 0.5) is 5.69 Å². The third-order valence-corrected chi connectivity index (χ3v) is 5.43. The lowest BCUT2D eigenvalue weighted by molar-refractivity contribution is -0.115. The number of carbonyl (C=O) groups excluding carboxylic acids is 2. The van der Waals surface area contributed by atoms with Crippen LogP contribution in [0.1, 0.15) is 23.0 Å². The van der Waals surface area contributed by atoms with Gasteiger partial charge in [0.25, 0.3) is 5.91 Å². The maximum absolute atomic E-state index is 12.3. The summed E-state index contributed by atoms with van der Waals surface area (Å²) < 4.78 is 5.84. The molecule has 1 saturated heterocycles. The van der Waals surface area contributed by atoms with E-state index < -0.39 is 0 Å². The minimum absolute atomic E-state index is 0.0138. The number of benzene rings is 2. The summed E-state index contributed by atoms with van der Waals surface area (Å²) >= 11 is 7.34. The van der Waals surface area contributed by atoms with E-state index in [2.05, 4.69) is 10.3 Å². The van der Waals surface area contributed by atoms with Crippen LogP contribution < -0.4 is 5.32 Å². The molecule has 0 aliphatic carbocycles. The molecule has 0 unspecified atom stereocenters. The Labute approximate surface area is 176 Å². The number of nitrogens with one attached hydrogen (secondary N) is 1. The average molecular weight is 423 g/mol. The summed E-state index contributed by atoms with van der Waals surface area (Å²) in [7, 11) is 0. The van der Waals surface area contributed by atoms with Gasteiger partial charge in [-0.25, -0.2) is 4.99 Å². The van der Waals surface area contributed by atoms with Gasteiger partial charge in [-0.1, -0.05) is 48.0 Å². The van der Waals surface area contributed by atoms with Crippen molar-refractivity contribution in [2.24, 2.45) is 4.99 Å². The normalized spacial score (nSPS) is 16.4. The third kappa shape index (κ3) is 4.34. The molecule has 0 saturated carbocycles. The van der Waals surface area contributed by atoms with Gasteiger partial charge in [0.05, 0.1) is 15.6 Å². The number of ketones is 1. The smallest absolute Gasteiger partial charge is 0.264 e. The van der Waals surface area contributed by atoms with Crippen molar-refractivity contribution in [2.45, 2.75) is 6.92 Å². The zero-order chi connectivity index (χ0) is 20.4. The number of nitrogens with zero attached hydrogens (tertiary/aromatic N) is 1. The van der Waals surface area contributed by atoms with Gasteiger partial charge in [-0.15, -0.1) is 0 Å². The predicted octanol–water partition coefficient (Wildman–Crippen LogP) is 5.69. The van der Waals surface area contributed by atoms with Crippen LogP contribution in [0, 0.1) is 0 Å². The van der Waals surface area contributed by atoms with Crippen LogP contribution in [0.5, 0.6) is 0 Å². The highest BCUT2D eigenvalue weighted by Crippen LogP contribution is 2.32. The van der Waals surface area contributed by atoms with Gasteiger partial charge in [-0.3, -0.25) is 9.59 Å². The molecule has 1 amide bonds. The fourth-order valence-electron chi connectivity index (χ4n) is 2.72. The van der Waals surface area contributed by atoms with E-state index >= 15 is 0 Å². The van der Waals surface area contributed by atoms with Crippen LogP contribution >= 0.6 is 23.4 Å². The molecule has 1 aromatic heterocycles. The number of hydrogen-bond donors (Lipinski definition) is 1.